The second-order valence-corrected chi connectivity index (χ2v) is 7.18. The molecule has 1 saturated heterocycles. The Labute approximate surface area is 145 Å². The van der Waals surface area contributed by atoms with Crippen LogP contribution in [0.3, 0.4) is 0 Å². The number of likely N-dealkylation sites (tertiary alicyclic amines) is 1. The molecule has 0 radical (unpaired) electrons. The van der Waals surface area contributed by atoms with Crippen LogP contribution in [-0.2, 0) is 18.3 Å². The summed E-state index contributed by atoms with van der Waals surface area (Å²) in [6, 6.07) is 0. The molecule has 1 aliphatic heterocycles. The predicted octanol–water partition coefficient (Wildman–Crippen LogP) is 1.73. The largest absolute Gasteiger partial charge is 0.382 e. The molecule has 2 heterocycles. The fourth-order valence-electron chi connectivity index (χ4n) is 2.81. The number of hydrogen-bond acceptors (Lipinski definition) is 4. The van der Waals surface area contributed by atoms with Gasteiger partial charge in [-0.2, -0.15) is 0 Å². The monoisotopic (exact) mass is 336 g/mol. The summed E-state index contributed by atoms with van der Waals surface area (Å²) in [7, 11) is 1.98. The molecule has 7 heteroatoms. The van der Waals surface area contributed by atoms with Crippen LogP contribution in [0.2, 0.25) is 0 Å². The van der Waals surface area contributed by atoms with Crippen molar-refractivity contribution in [2.45, 2.75) is 47.1 Å². The van der Waals surface area contributed by atoms with E-state index in [1.165, 1.54) is 6.42 Å². The standard InChI is InChI=1S/C17H32N6O/c1-6-24-11-7-9-18-16(23-10-8-17(3,4)13-23)19-12-15-21-20-14(2)22(15)5/h6-13H2,1-5H3,(H,18,19). The van der Waals surface area contributed by atoms with Gasteiger partial charge in [0.15, 0.2) is 11.8 Å². The van der Waals surface area contributed by atoms with Gasteiger partial charge in [-0.05, 0) is 32.1 Å². The van der Waals surface area contributed by atoms with Gasteiger partial charge >= 0.3 is 0 Å². The molecule has 0 spiro atoms. The molecule has 136 valence electrons. The first-order chi connectivity index (χ1) is 11.4. The Hall–Kier alpha value is -1.63. The molecule has 1 aromatic heterocycles. The highest BCUT2D eigenvalue weighted by Gasteiger charge is 2.31. The van der Waals surface area contributed by atoms with Crippen molar-refractivity contribution in [1.82, 2.24) is 25.0 Å². The molecule has 0 amide bonds. The zero-order valence-electron chi connectivity index (χ0n) is 15.8. The third-order valence-corrected chi connectivity index (χ3v) is 4.48. The Bertz CT molecular complexity index is 551. The number of nitrogens with one attached hydrogen (secondary N) is 1. The van der Waals surface area contributed by atoms with E-state index in [4.69, 9.17) is 9.73 Å². The molecule has 1 fully saturated rings. The molecule has 1 aromatic rings. The van der Waals surface area contributed by atoms with Gasteiger partial charge < -0.3 is 19.5 Å². The van der Waals surface area contributed by atoms with Crippen LogP contribution in [-0.4, -0.2) is 58.5 Å². The molecule has 0 bridgehead atoms. The number of aliphatic imine (C=N–C) groups is 1. The van der Waals surface area contributed by atoms with Crippen LogP contribution < -0.4 is 5.32 Å². The van der Waals surface area contributed by atoms with Gasteiger partial charge in [-0.15, -0.1) is 10.2 Å². The summed E-state index contributed by atoms with van der Waals surface area (Å²) in [5.41, 5.74) is 0.342. The Kier molecular flexibility index (Phi) is 6.60. The first-order valence-corrected chi connectivity index (χ1v) is 8.89. The maximum Gasteiger partial charge on any atom is 0.194 e. The normalized spacial score (nSPS) is 17.5. The van der Waals surface area contributed by atoms with Gasteiger partial charge in [0.1, 0.15) is 12.4 Å². The Morgan fingerprint density at radius 1 is 1.38 bits per heavy atom. The van der Waals surface area contributed by atoms with Gasteiger partial charge in [0.2, 0.25) is 0 Å². The topological polar surface area (TPSA) is 67.6 Å². The summed E-state index contributed by atoms with van der Waals surface area (Å²) in [6.07, 6.45) is 2.17. The molecule has 24 heavy (non-hydrogen) atoms. The Morgan fingerprint density at radius 3 is 2.75 bits per heavy atom. The lowest BCUT2D eigenvalue weighted by Gasteiger charge is -2.24. The third-order valence-electron chi connectivity index (χ3n) is 4.48. The molecule has 0 saturated carbocycles. The highest BCUT2D eigenvalue weighted by Crippen LogP contribution is 2.28. The number of nitrogens with zero attached hydrogens (tertiary/aromatic N) is 5. The summed E-state index contributed by atoms with van der Waals surface area (Å²) in [4.78, 5) is 7.15. The quantitative estimate of drug-likeness (QED) is 0.466. The minimum absolute atomic E-state index is 0.342. The van der Waals surface area contributed by atoms with Crippen molar-refractivity contribution < 1.29 is 4.74 Å². The van der Waals surface area contributed by atoms with Crippen molar-refractivity contribution in [2.75, 3.05) is 32.8 Å². The van der Waals surface area contributed by atoms with E-state index in [0.717, 1.165) is 56.9 Å². The number of rotatable bonds is 7. The molecule has 2 rings (SSSR count). The van der Waals surface area contributed by atoms with E-state index in [-0.39, 0.29) is 0 Å². The van der Waals surface area contributed by atoms with Crippen molar-refractivity contribution in [3.8, 4) is 0 Å². The van der Waals surface area contributed by atoms with E-state index >= 15 is 0 Å². The van der Waals surface area contributed by atoms with Crippen molar-refractivity contribution in [3.05, 3.63) is 11.6 Å². The smallest absolute Gasteiger partial charge is 0.194 e. The lowest BCUT2D eigenvalue weighted by atomic mass is 9.93. The van der Waals surface area contributed by atoms with E-state index in [1.54, 1.807) is 0 Å². The second-order valence-electron chi connectivity index (χ2n) is 7.18. The van der Waals surface area contributed by atoms with Gasteiger partial charge in [0.25, 0.3) is 0 Å². The van der Waals surface area contributed by atoms with Crippen molar-refractivity contribution in [2.24, 2.45) is 17.5 Å². The number of guanidine groups is 1. The van der Waals surface area contributed by atoms with Crippen LogP contribution in [0.5, 0.6) is 0 Å². The highest BCUT2D eigenvalue weighted by atomic mass is 16.5. The maximum absolute atomic E-state index is 5.41. The first kappa shape index (κ1) is 18.7. The maximum atomic E-state index is 5.41. The number of hydrogen-bond donors (Lipinski definition) is 1. The van der Waals surface area contributed by atoms with Crippen LogP contribution in [0.25, 0.3) is 0 Å². The van der Waals surface area contributed by atoms with Gasteiger partial charge in [-0.1, -0.05) is 13.8 Å². The minimum Gasteiger partial charge on any atom is -0.382 e. The average molecular weight is 336 g/mol. The van der Waals surface area contributed by atoms with Crippen LogP contribution >= 0.6 is 0 Å². The predicted molar refractivity (Wildman–Crippen MR) is 96.0 cm³/mol. The Balaban J connectivity index is 1.98. The summed E-state index contributed by atoms with van der Waals surface area (Å²) >= 11 is 0. The van der Waals surface area contributed by atoms with E-state index in [9.17, 15) is 0 Å². The zero-order valence-corrected chi connectivity index (χ0v) is 15.8. The lowest BCUT2D eigenvalue weighted by molar-refractivity contribution is 0.145. The second kappa shape index (κ2) is 8.46. The summed E-state index contributed by atoms with van der Waals surface area (Å²) in [5, 5.41) is 11.8. The molecule has 0 atom stereocenters. The summed E-state index contributed by atoms with van der Waals surface area (Å²) < 4.78 is 7.40. The van der Waals surface area contributed by atoms with Gasteiger partial charge in [-0.25, -0.2) is 4.99 Å². The van der Waals surface area contributed by atoms with E-state index in [0.29, 0.717) is 12.0 Å². The van der Waals surface area contributed by atoms with Crippen LogP contribution in [0.15, 0.2) is 4.99 Å². The molecule has 7 nitrogen and oxygen atoms in total. The van der Waals surface area contributed by atoms with Gasteiger partial charge in [0.05, 0.1) is 0 Å². The number of aromatic nitrogens is 3. The lowest BCUT2D eigenvalue weighted by Crippen LogP contribution is -2.41. The average Bonchev–Trinajstić information content (AvgIpc) is 3.06. The summed E-state index contributed by atoms with van der Waals surface area (Å²) in [5.74, 6) is 2.77. The molecule has 1 N–H and O–H groups in total. The highest BCUT2D eigenvalue weighted by molar-refractivity contribution is 5.80. The van der Waals surface area contributed by atoms with Crippen LogP contribution in [0.4, 0.5) is 0 Å². The Morgan fingerprint density at radius 2 is 2.17 bits per heavy atom. The number of aryl methyl sites for hydroxylation is 1. The van der Waals surface area contributed by atoms with Crippen molar-refractivity contribution in [3.63, 3.8) is 0 Å². The zero-order chi connectivity index (χ0) is 17.6. The fraction of sp³-hybridized carbons (Fsp3) is 0.824. The van der Waals surface area contributed by atoms with Gasteiger partial charge in [-0.3, -0.25) is 0 Å². The molecular weight excluding hydrogens is 304 g/mol. The molecule has 0 aromatic carbocycles. The molecule has 0 unspecified atom stereocenters. The van der Waals surface area contributed by atoms with Crippen LogP contribution in [0.1, 0.15) is 45.3 Å². The SMILES string of the molecule is CCOCCCNC(=NCc1nnc(C)n1C)N1CCC(C)(C)C1. The van der Waals surface area contributed by atoms with Crippen molar-refractivity contribution in [1.29, 1.82) is 0 Å². The third kappa shape index (κ3) is 5.19. The summed E-state index contributed by atoms with van der Waals surface area (Å²) in [6.45, 7) is 13.6. The van der Waals surface area contributed by atoms with Crippen LogP contribution in [0, 0.1) is 12.3 Å². The molecule has 0 aliphatic carbocycles. The van der Waals surface area contributed by atoms with Crippen molar-refractivity contribution >= 4 is 5.96 Å². The minimum atomic E-state index is 0.342. The van der Waals surface area contributed by atoms with Gasteiger partial charge in [0, 0.05) is 39.9 Å². The van der Waals surface area contributed by atoms with E-state index in [2.05, 4.69) is 34.3 Å². The number of ether oxygens (including phenoxy) is 1. The van der Waals surface area contributed by atoms with E-state index in [1.807, 2.05) is 25.5 Å². The molecule has 1 aliphatic rings. The molecular formula is C17H32N6O. The van der Waals surface area contributed by atoms with E-state index < -0.39 is 0 Å². The first-order valence-electron chi connectivity index (χ1n) is 8.89. The fourth-order valence-corrected chi connectivity index (χ4v) is 2.81.